The average molecular weight is 266 g/mol. The molecule has 0 amide bonds. The molecule has 1 rings (SSSR count). The summed E-state index contributed by atoms with van der Waals surface area (Å²) in [5.41, 5.74) is 1.11. The maximum absolute atomic E-state index is 9.78. The zero-order chi connectivity index (χ0) is 14.1. The Hall–Kier alpha value is -1.36. The van der Waals surface area contributed by atoms with Gasteiger partial charge in [-0.05, 0) is 19.8 Å². The van der Waals surface area contributed by atoms with Crippen molar-refractivity contribution in [3.8, 4) is 0 Å². The molecule has 1 unspecified atom stereocenters. The van der Waals surface area contributed by atoms with Gasteiger partial charge in [0, 0.05) is 18.7 Å². The zero-order valence-electron chi connectivity index (χ0n) is 12.2. The van der Waals surface area contributed by atoms with Crippen LogP contribution < -0.4 is 10.6 Å². The van der Waals surface area contributed by atoms with E-state index in [9.17, 15) is 5.11 Å². The minimum absolute atomic E-state index is 0.322. The van der Waals surface area contributed by atoms with E-state index in [2.05, 4.69) is 41.4 Å². The first-order valence-corrected chi connectivity index (χ1v) is 7.22. The summed E-state index contributed by atoms with van der Waals surface area (Å²) in [6.07, 6.45) is 4.99. The number of hydrogen-bond acceptors (Lipinski definition) is 5. The third-order valence-corrected chi connectivity index (χ3v) is 2.92. The molecule has 0 bridgehead atoms. The quantitative estimate of drug-likeness (QED) is 0.640. The Bertz CT molecular complexity index is 370. The van der Waals surface area contributed by atoms with E-state index >= 15 is 0 Å². The van der Waals surface area contributed by atoms with Crippen LogP contribution in [0.5, 0.6) is 0 Å². The van der Waals surface area contributed by atoms with E-state index in [1.54, 1.807) is 6.33 Å². The normalized spacial score (nSPS) is 12.2. The third-order valence-electron chi connectivity index (χ3n) is 2.92. The standard InChI is InChI=1S/C14H26N4O/c1-4-7-11(19)9-16-14-12(8-5-2)13(15-6-3)17-10-18-14/h10-11,19H,4-9H2,1-3H3,(H2,15,16,17,18). The SMILES string of the molecule is CCCc1c(NCC)ncnc1NCC(O)CCC. The summed E-state index contributed by atoms with van der Waals surface area (Å²) < 4.78 is 0. The van der Waals surface area contributed by atoms with Crippen LogP contribution in [-0.4, -0.2) is 34.3 Å². The van der Waals surface area contributed by atoms with E-state index in [-0.39, 0.29) is 6.10 Å². The fourth-order valence-electron chi connectivity index (χ4n) is 2.02. The number of rotatable bonds is 9. The van der Waals surface area contributed by atoms with Gasteiger partial charge < -0.3 is 15.7 Å². The molecule has 0 saturated heterocycles. The van der Waals surface area contributed by atoms with Crippen LogP contribution in [0.4, 0.5) is 11.6 Å². The van der Waals surface area contributed by atoms with Gasteiger partial charge >= 0.3 is 0 Å². The summed E-state index contributed by atoms with van der Waals surface area (Å²) in [6.45, 7) is 7.63. The fraction of sp³-hybridized carbons (Fsp3) is 0.714. The Labute approximate surface area is 115 Å². The Kier molecular flexibility index (Phi) is 7.18. The highest BCUT2D eigenvalue weighted by Crippen LogP contribution is 2.21. The molecule has 5 nitrogen and oxygen atoms in total. The topological polar surface area (TPSA) is 70.1 Å². The van der Waals surface area contributed by atoms with Crippen molar-refractivity contribution in [1.29, 1.82) is 0 Å². The van der Waals surface area contributed by atoms with Crippen molar-refractivity contribution in [3.05, 3.63) is 11.9 Å². The minimum Gasteiger partial charge on any atom is -0.391 e. The second-order valence-electron chi connectivity index (χ2n) is 4.65. The first-order valence-electron chi connectivity index (χ1n) is 7.22. The van der Waals surface area contributed by atoms with Crippen LogP contribution in [0.1, 0.15) is 45.6 Å². The smallest absolute Gasteiger partial charge is 0.134 e. The van der Waals surface area contributed by atoms with E-state index < -0.39 is 0 Å². The fourth-order valence-corrected chi connectivity index (χ4v) is 2.02. The molecule has 0 aliphatic rings. The molecular weight excluding hydrogens is 240 g/mol. The Morgan fingerprint density at radius 3 is 2.37 bits per heavy atom. The molecule has 0 saturated carbocycles. The summed E-state index contributed by atoms with van der Waals surface area (Å²) >= 11 is 0. The van der Waals surface area contributed by atoms with E-state index in [4.69, 9.17) is 0 Å². The number of nitrogens with one attached hydrogen (secondary N) is 2. The molecule has 0 aliphatic heterocycles. The van der Waals surface area contributed by atoms with Crippen molar-refractivity contribution < 1.29 is 5.11 Å². The first kappa shape index (κ1) is 15.7. The second-order valence-corrected chi connectivity index (χ2v) is 4.65. The molecule has 1 heterocycles. The highest BCUT2D eigenvalue weighted by Gasteiger charge is 2.11. The van der Waals surface area contributed by atoms with Crippen molar-refractivity contribution in [2.45, 2.75) is 52.6 Å². The highest BCUT2D eigenvalue weighted by molar-refractivity contribution is 5.57. The van der Waals surface area contributed by atoms with Gasteiger partial charge in [0.1, 0.15) is 18.0 Å². The van der Waals surface area contributed by atoms with E-state index in [0.29, 0.717) is 6.54 Å². The monoisotopic (exact) mass is 266 g/mol. The molecule has 0 aromatic carbocycles. The van der Waals surface area contributed by atoms with Gasteiger partial charge in [-0.3, -0.25) is 0 Å². The van der Waals surface area contributed by atoms with Gasteiger partial charge in [0.05, 0.1) is 6.10 Å². The van der Waals surface area contributed by atoms with Gasteiger partial charge in [-0.1, -0.05) is 26.7 Å². The van der Waals surface area contributed by atoms with Crippen LogP contribution in [0.25, 0.3) is 0 Å². The highest BCUT2D eigenvalue weighted by atomic mass is 16.3. The molecule has 1 aromatic heterocycles. The predicted octanol–water partition coefficient (Wildman–Crippen LogP) is 2.43. The Morgan fingerprint density at radius 1 is 1.11 bits per heavy atom. The lowest BCUT2D eigenvalue weighted by atomic mass is 10.1. The molecule has 0 aliphatic carbocycles. The maximum atomic E-state index is 9.78. The van der Waals surface area contributed by atoms with Crippen molar-refractivity contribution in [3.63, 3.8) is 0 Å². The van der Waals surface area contributed by atoms with Gasteiger partial charge in [0.2, 0.25) is 0 Å². The molecule has 0 fully saturated rings. The summed E-state index contributed by atoms with van der Waals surface area (Å²) in [4.78, 5) is 8.59. The second kappa shape index (κ2) is 8.69. The lowest BCUT2D eigenvalue weighted by Gasteiger charge is -2.16. The van der Waals surface area contributed by atoms with Crippen molar-refractivity contribution in [1.82, 2.24) is 9.97 Å². The number of aromatic nitrogens is 2. The third kappa shape index (κ3) is 5.03. The molecule has 0 spiro atoms. The van der Waals surface area contributed by atoms with Crippen molar-refractivity contribution in [2.24, 2.45) is 0 Å². The molecule has 0 radical (unpaired) electrons. The number of anilines is 2. The maximum Gasteiger partial charge on any atom is 0.134 e. The van der Waals surface area contributed by atoms with Gasteiger partial charge in [-0.25, -0.2) is 9.97 Å². The van der Waals surface area contributed by atoms with Crippen molar-refractivity contribution >= 4 is 11.6 Å². The van der Waals surface area contributed by atoms with Gasteiger partial charge in [-0.15, -0.1) is 0 Å². The molecular formula is C14H26N4O. The van der Waals surface area contributed by atoms with Gasteiger partial charge in [-0.2, -0.15) is 0 Å². The van der Waals surface area contributed by atoms with E-state index in [0.717, 1.165) is 49.4 Å². The zero-order valence-corrected chi connectivity index (χ0v) is 12.2. The number of hydrogen-bond donors (Lipinski definition) is 3. The largest absolute Gasteiger partial charge is 0.391 e. The van der Waals surface area contributed by atoms with Gasteiger partial charge in [0.15, 0.2) is 0 Å². The molecule has 108 valence electrons. The summed E-state index contributed by atoms with van der Waals surface area (Å²) in [5, 5.41) is 16.3. The minimum atomic E-state index is -0.322. The van der Waals surface area contributed by atoms with Crippen LogP contribution in [-0.2, 0) is 6.42 Å². The summed E-state index contributed by atoms with van der Waals surface area (Å²) in [6, 6.07) is 0. The lowest BCUT2D eigenvalue weighted by Crippen LogP contribution is -2.21. The van der Waals surface area contributed by atoms with Gasteiger partial charge in [0.25, 0.3) is 0 Å². The molecule has 19 heavy (non-hydrogen) atoms. The Morgan fingerprint density at radius 2 is 1.79 bits per heavy atom. The summed E-state index contributed by atoms with van der Waals surface area (Å²) in [5.74, 6) is 1.73. The van der Waals surface area contributed by atoms with Crippen LogP contribution in [0.3, 0.4) is 0 Å². The average Bonchev–Trinajstić information content (AvgIpc) is 2.40. The predicted molar refractivity (Wildman–Crippen MR) is 79.6 cm³/mol. The number of nitrogens with zero attached hydrogens (tertiary/aromatic N) is 2. The van der Waals surface area contributed by atoms with Crippen LogP contribution in [0, 0.1) is 0 Å². The lowest BCUT2D eigenvalue weighted by molar-refractivity contribution is 0.176. The van der Waals surface area contributed by atoms with Crippen LogP contribution >= 0.6 is 0 Å². The van der Waals surface area contributed by atoms with E-state index in [1.807, 2.05) is 0 Å². The first-order chi connectivity index (χ1) is 9.22. The van der Waals surface area contributed by atoms with E-state index in [1.165, 1.54) is 0 Å². The van der Waals surface area contributed by atoms with Crippen LogP contribution in [0.15, 0.2) is 6.33 Å². The summed E-state index contributed by atoms with van der Waals surface area (Å²) in [7, 11) is 0. The number of aliphatic hydroxyl groups excluding tert-OH is 1. The Balaban J connectivity index is 2.77. The number of aliphatic hydroxyl groups is 1. The molecule has 1 atom stereocenters. The molecule has 3 N–H and O–H groups in total. The van der Waals surface area contributed by atoms with Crippen LogP contribution in [0.2, 0.25) is 0 Å². The molecule has 1 aromatic rings. The van der Waals surface area contributed by atoms with Crippen molar-refractivity contribution in [2.75, 3.05) is 23.7 Å². The molecule has 5 heteroatoms.